The molecule has 1 heterocycles. The minimum absolute atomic E-state index is 0.0746. The maximum atomic E-state index is 12.4. The summed E-state index contributed by atoms with van der Waals surface area (Å²) in [6.07, 6.45) is 4.61. The predicted octanol–water partition coefficient (Wildman–Crippen LogP) is 3.02. The van der Waals surface area contributed by atoms with Crippen LogP contribution in [0.2, 0.25) is 0 Å². The van der Waals surface area contributed by atoms with Crippen LogP contribution in [0.25, 0.3) is 5.57 Å². The molecule has 3 nitrogen and oxygen atoms in total. The van der Waals surface area contributed by atoms with Crippen molar-refractivity contribution in [2.45, 2.75) is 33.1 Å². The highest BCUT2D eigenvalue weighted by Crippen LogP contribution is 2.21. The Bertz CT molecular complexity index is 504. The van der Waals surface area contributed by atoms with E-state index in [0.29, 0.717) is 6.54 Å². The molecule has 0 aromatic heterocycles. The average Bonchev–Trinajstić information content (AvgIpc) is 2.53. The van der Waals surface area contributed by atoms with E-state index in [1.165, 1.54) is 5.56 Å². The molecule has 3 heteroatoms. The lowest BCUT2D eigenvalue weighted by atomic mass is 9.98. The maximum Gasteiger partial charge on any atom is 0.246 e. The van der Waals surface area contributed by atoms with E-state index in [0.717, 1.165) is 36.9 Å². The molecule has 1 N–H and O–H groups in total. The van der Waals surface area contributed by atoms with Crippen LogP contribution in [-0.2, 0) is 4.79 Å². The van der Waals surface area contributed by atoms with Crippen molar-refractivity contribution in [3.05, 3.63) is 41.5 Å². The van der Waals surface area contributed by atoms with E-state index in [4.69, 9.17) is 0 Å². The topological polar surface area (TPSA) is 40.5 Å². The molecular weight excluding hydrogens is 262 g/mol. The van der Waals surface area contributed by atoms with Gasteiger partial charge in [-0.15, -0.1) is 0 Å². The molecule has 1 aliphatic heterocycles. The Hall–Kier alpha value is -1.61. The van der Waals surface area contributed by atoms with E-state index < -0.39 is 0 Å². The number of allylic oxidation sites excluding steroid dienone is 1. The molecule has 1 aliphatic rings. The van der Waals surface area contributed by atoms with Gasteiger partial charge in [0.15, 0.2) is 0 Å². The van der Waals surface area contributed by atoms with Crippen LogP contribution in [0.5, 0.6) is 0 Å². The molecule has 2 rings (SSSR count). The summed E-state index contributed by atoms with van der Waals surface area (Å²) in [5.74, 6) is 0.311. The van der Waals surface area contributed by atoms with Crippen LogP contribution < -0.4 is 0 Å². The highest BCUT2D eigenvalue weighted by molar-refractivity contribution is 5.95. The number of hydrogen-bond donors (Lipinski definition) is 1. The van der Waals surface area contributed by atoms with Crippen molar-refractivity contribution in [1.29, 1.82) is 0 Å². The lowest BCUT2D eigenvalue weighted by Gasteiger charge is -2.31. The Balaban J connectivity index is 2.11. The number of benzene rings is 1. The lowest BCUT2D eigenvalue weighted by molar-refractivity contribution is -0.128. The van der Waals surface area contributed by atoms with E-state index in [2.05, 4.69) is 38.1 Å². The van der Waals surface area contributed by atoms with Gasteiger partial charge in [-0.25, -0.2) is 0 Å². The van der Waals surface area contributed by atoms with Crippen LogP contribution in [0.4, 0.5) is 0 Å². The van der Waals surface area contributed by atoms with Gasteiger partial charge in [0, 0.05) is 25.8 Å². The summed E-state index contributed by atoms with van der Waals surface area (Å²) < 4.78 is 0. The number of likely N-dealkylation sites (tertiary alicyclic amines) is 1. The molecule has 0 radical (unpaired) electrons. The molecular formula is C18H25NO2. The summed E-state index contributed by atoms with van der Waals surface area (Å²) in [5, 5.41) is 9.27. The zero-order valence-corrected chi connectivity index (χ0v) is 13.0. The van der Waals surface area contributed by atoms with Crippen molar-refractivity contribution >= 4 is 11.5 Å². The number of aryl methyl sites for hydroxylation is 1. The second kappa shape index (κ2) is 7.41. The zero-order valence-electron chi connectivity index (χ0n) is 13.0. The van der Waals surface area contributed by atoms with Crippen LogP contribution in [0.1, 0.15) is 37.3 Å². The smallest absolute Gasteiger partial charge is 0.246 e. The monoisotopic (exact) mass is 287 g/mol. The van der Waals surface area contributed by atoms with Gasteiger partial charge < -0.3 is 10.0 Å². The number of carbonyl (C=O) groups excluding carboxylic acids is 1. The van der Waals surface area contributed by atoms with Gasteiger partial charge in [0.25, 0.3) is 0 Å². The van der Waals surface area contributed by atoms with Crippen LogP contribution in [0, 0.1) is 12.8 Å². The molecule has 21 heavy (non-hydrogen) atoms. The number of nitrogens with zero attached hydrogens (tertiary/aromatic N) is 1. The maximum absolute atomic E-state index is 12.4. The van der Waals surface area contributed by atoms with Gasteiger partial charge in [0.2, 0.25) is 5.91 Å². The predicted molar refractivity (Wildman–Crippen MR) is 85.8 cm³/mol. The van der Waals surface area contributed by atoms with Crippen molar-refractivity contribution in [2.24, 2.45) is 5.92 Å². The van der Waals surface area contributed by atoms with Crippen LogP contribution in [0.15, 0.2) is 30.3 Å². The first-order valence-electron chi connectivity index (χ1n) is 7.81. The normalized spacial score (nSPS) is 19.7. The van der Waals surface area contributed by atoms with E-state index in [1.54, 1.807) is 6.08 Å². The molecule has 1 atom stereocenters. The summed E-state index contributed by atoms with van der Waals surface area (Å²) in [7, 11) is 0. The molecule has 1 aromatic carbocycles. The van der Waals surface area contributed by atoms with Crippen molar-refractivity contribution < 1.29 is 9.90 Å². The van der Waals surface area contributed by atoms with Gasteiger partial charge in [0.1, 0.15) is 0 Å². The third-order valence-electron chi connectivity index (χ3n) is 4.19. The fourth-order valence-corrected chi connectivity index (χ4v) is 2.81. The van der Waals surface area contributed by atoms with E-state index in [9.17, 15) is 9.90 Å². The molecule has 1 fully saturated rings. The third kappa shape index (κ3) is 4.18. The Morgan fingerprint density at radius 2 is 2.10 bits per heavy atom. The summed E-state index contributed by atoms with van der Waals surface area (Å²) >= 11 is 0. The van der Waals surface area contributed by atoms with Gasteiger partial charge in [-0.05, 0) is 43.2 Å². The number of piperidine rings is 1. The Labute approximate surface area is 127 Å². The molecule has 1 aromatic rings. The summed E-state index contributed by atoms with van der Waals surface area (Å²) in [6.45, 7) is 5.79. The lowest BCUT2D eigenvalue weighted by Crippen LogP contribution is -2.40. The Morgan fingerprint density at radius 1 is 1.38 bits per heavy atom. The summed E-state index contributed by atoms with van der Waals surface area (Å²) in [6, 6.07) is 8.30. The van der Waals surface area contributed by atoms with Gasteiger partial charge in [0.05, 0.1) is 0 Å². The Morgan fingerprint density at radius 3 is 2.71 bits per heavy atom. The van der Waals surface area contributed by atoms with Crippen molar-refractivity contribution in [3.63, 3.8) is 0 Å². The molecule has 0 bridgehead atoms. The first-order valence-corrected chi connectivity index (χ1v) is 7.81. The average molecular weight is 287 g/mol. The van der Waals surface area contributed by atoms with Gasteiger partial charge in [-0.3, -0.25) is 4.79 Å². The molecule has 1 unspecified atom stereocenters. The van der Waals surface area contributed by atoms with Crippen molar-refractivity contribution in [3.8, 4) is 0 Å². The van der Waals surface area contributed by atoms with Gasteiger partial charge in [-0.1, -0.05) is 36.8 Å². The second-order valence-corrected chi connectivity index (χ2v) is 5.86. The number of carbonyl (C=O) groups is 1. The van der Waals surface area contributed by atoms with E-state index in [1.807, 2.05) is 4.90 Å². The van der Waals surface area contributed by atoms with Crippen molar-refractivity contribution in [1.82, 2.24) is 4.90 Å². The third-order valence-corrected chi connectivity index (χ3v) is 4.19. The fraction of sp³-hybridized carbons (Fsp3) is 0.500. The Kier molecular flexibility index (Phi) is 5.57. The van der Waals surface area contributed by atoms with Crippen LogP contribution in [0.3, 0.4) is 0 Å². The van der Waals surface area contributed by atoms with Gasteiger partial charge >= 0.3 is 0 Å². The number of hydrogen-bond acceptors (Lipinski definition) is 2. The quantitative estimate of drug-likeness (QED) is 0.865. The number of rotatable bonds is 4. The highest BCUT2D eigenvalue weighted by atomic mass is 16.3. The molecule has 1 saturated heterocycles. The van der Waals surface area contributed by atoms with E-state index >= 15 is 0 Å². The summed E-state index contributed by atoms with van der Waals surface area (Å²) in [5.41, 5.74) is 3.42. The zero-order chi connectivity index (χ0) is 15.2. The van der Waals surface area contributed by atoms with E-state index in [-0.39, 0.29) is 18.4 Å². The standard InChI is InChI=1S/C18H25NO2/c1-3-16(17-8-6-14(2)7-9-17)11-18(21)19-10-4-5-15(12-19)13-20/h6-9,11,15,20H,3-5,10,12-13H2,1-2H3/b16-11-. The SMILES string of the molecule is CC/C(=C/C(=O)N1CCCC(CO)C1)c1ccc(C)cc1. The molecule has 114 valence electrons. The molecule has 0 saturated carbocycles. The second-order valence-electron chi connectivity index (χ2n) is 5.86. The first-order chi connectivity index (χ1) is 10.1. The number of amides is 1. The van der Waals surface area contributed by atoms with Crippen molar-refractivity contribution in [2.75, 3.05) is 19.7 Å². The fourth-order valence-electron chi connectivity index (χ4n) is 2.81. The minimum atomic E-state index is 0.0746. The first kappa shape index (κ1) is 15.8. The molecule has 0 aliphatic carbocycles. The minimum Gasteiger partial charge on any atom is -0.396 e. The molecule has 0 spiro atoms. The molecule has 1 amide bonds. The largest absolute Gasteiger partial charge is 0.396 e. The van der Waals surface area contributed by atoms with Crippen LogP contribution in [-0.4, -0.2) is 35.6 Å². The highest BCUT2D eigenvalue weighted by Gasteiger charge is 2.22. The van der Waals surface area contributed by atoms with Gasteiger partial charge in [-0.2, -0.15) is 0 Å². The number of aliphatic hydroxyl groups is 1. The summed E-state index contributed by atoms with van der Waals surface area (Å²) in [4.78, 5) is 14.3. The van der Waals surface area contributed by atoms with Crippen LogP contribution >= 0.6 is 0 Å². The number of aliphatic hydroxyl groups excluding tert-OH is 1.